The summed E-state index contributed by atoms with van der Waals surface area (Å²) in [6.45, 7) is 2.13. The SMILES string of the molecule is CCCS/C(N)=C(/C#N)[P+](c1ccccc1)(c1ccccc1)c1ccccc1.I. The lowest BCUT2D eigenvalue weighted by atomic mass is 10.4. The Kier molecular flexibility index (Phi) is 9.23. The zero-order chi connectivity index (χ0) is 19.8. The van der Waals surface area contributed by atoms with E-state index in [-0.39, 0.29) is 24.0 Å². The van der Waals surface area contributed by atoms with Crippen LogP contribution in [-0.4, -0.2) is 5.75 Å². The third kappa shape index (κ3) is 4.86. The maximum atomic E-state index is 10.3. The molecule has 0 saturated heterocycles. The van der Waals surface area contributed by atoms with Gasteiger partial charge in [0.05, 0.1) is 0 Å². The van der Waals surface area contributed by atoms with Crippen LogP contribution in [0.4, 0.5) is 0 Å². The van der Waals surface area contributed by atoms with Crippen molar-refractivity contribution in [1.82, 2.24) is 0 Å². The number of hydrogen-bond acceptors (Lipinski definition) is 3. The first-order valence-corrected chi connectivity index (χ1v) is 12.1. The molecule has 29 heavy (non-hydrogen) atoms. The first-order chi connectivity index (χ1) is 13.7. The van der Waals surface area contributed by atoms with Crippen molar-refractivity contribution in [3.63, 3.8) is 0 Å². The Bertz CT molecular complexity index is 873. The fraction of sp³-hybridized carbons (Fsp3) is 0.125. The maximum Gasteiger partial charge on any atom is 0.214 e. The second-order valence-corrected chi connectivity index (χ2v) is 10.8. The summed E-state index contributed by atoms with van der Waals surface area (Å²) in [5.41, 5.74) is 6.56. The summed E-state index contributed by atoms with van der Waals surface area (Å²) in [7, 11) is -2.39. The molecule has 2 nitrogen and oxygen atoms in total. The quantitative estimate of drug-likeness (QED) is 0.253. The van der Waals surface area contributed by atoms with E-state index in [2.05, 4.69) is 49.4 Å². The van der Waals surface area contributed by atoms with Crippen LogP contribution < -0.4 is 21.6 Å². The molecular formula is C24H25IN2PS+. The Labute approximate surface area is 195 Å². The minimum Gasteiger partial charge on any atom is -0.390 e. The number of halogens is 1. The van der Waals surface area contributed by atoms with Gasteiger partial charge in [-0.2, -0.15) is 5.26 Å². The molecule has 3 aromatic carbocycles. The van der Waals surface area contributed by atoms with Crippen LogP contribution in [0, 0.1) is 11.3 Å². The van der Waals surface area contributed by atoms with Gasteiger partial charge in [0.25, 0.3) is 0 Å². The lowest BCUT2D eigenvalue weighted by Crippen LogP contribution is -2.33. The molecule has 0 heterocycles. The van der Waals surface area contributed by atoms with E-state index in [1.54, 1.807) is 11.8 Å². The molecule has 0 radical (unpaired) electrons. The monoisotopic (exact) mass is 531 g/mol. The standard InChI is InChI=1S/C24H24N2PS.HI/c1-2-18-28-24(26)23(19-25)27(20-12-6-3-7-13-20,21-14-8-4-9-15-21)22-16-10-5-11-17-22;/h3-17H,2,18,26H2,1H3;1H/q+1;/b24-23-;. The molecular weight excluding hydrogens is 506 g/mol. The third-order valence-corrected chi connectivity index (χ3v) is 10.1. The van der Waals surface area contributed by atoms with E-state index in [1.807, 2.05) is 54.6 Å². The first-order valence-electron chi connectivity index (χ1n) is 9.34. The number of benzene rings is 3. The van der Waals surface area contributed by atoms with Crippen LogP contribution in [0.3, 0.4) is 0 Å². The molecule has 0 aromatic heterocycles. The molecule has 0 amide bonds. The zero-order valence-electron chi connectivity index (χ0n) is 16.4. The Hall–Kier alpha value is -1.80. The third-order valence-electron chi connectivity index (χ3n) is 4.57. The predicted octanol–water partition coefficient (Wildman–Crippen LogP) is 5.39. The number of hydrogen-bond donors (Lipinski definition) is 1. The summed E-state index contributed by atoms with van der Waals surface area (Å²) in [6, 6.07) is 33.6. The van der Waals surface area contributed by atoms with Gasteiger partial charge in [-0.1, -0.05) is 61.5 Å². The van der Waals surface area contributed by atoms with Crippen LogP contribution in [0.25, 0.3) is 0 Å². The topological polar surface area (TPSA) is 49.8 Å². The first kappa shape index (κ1) is 23.5. The average Bonchev–Trinajstić information content (AvgIpc) is 2.77. The van der Waals surface area contributed by atoms with Gasteiger partial charge < -0.3 is 5.73 Å². The van der Waals surface area contributed by atoms with E-state index >= 15 is 0 Å². The molecule has 3 rings (SSSR count). The molecule has 148 valence electrons. The van der Waals surface area contributed by atoms with Crippen LogP contribution in [-0.2, 0) is 0 Å². The molecule has 0 unspecified atom stereocenters. The van der Waals surface area contributed by atoms with Crippen LogP contribution in [0.1, 0.15) is 13.3 Å². The molecule has 0 atom stereocenters. The molecule has 5 heteroatoms. The van der Waals surface area contributed by atoms with Crippen molar-refractivity contribution in [2.24, 2.45) is 5.73 Å². The highest BCUT2D eigenvalue weighted by atomic mass is 127. The summed E-state index contributed by atoms with van der Waals surface area (Å²) in [6.07, 6.45) is 1.01. The number of nitrogens with two attached hydrogens (primary N) is 1. The highest BCUT2D eigenvalue weighted by Crippen LogP contribution is 2.63. The van der Waals surface area contributed by atoms with Gasteiger partial charge in [-0.15, -0.1) is 35.7 Å². The van der Waals surface area contributed by atoms with Gasteiger partial charge >= 0.3 is 0 Å². The average molecular weight is 531 g/mol. The van der Waals surface area contributed by atoms with Crippen molar-refractivity contribution in [2.45, 2.75) is 13.3 Å². The fourth-order valence-corrected chi connectivity index (χ4v) is 8.58. The molecule has 2 N–H and O–H groups in total. The molecule has 3 aromatic rings. The molecule has 0 aliphatic carbocycles. The number of allylic oxidation sites excluding steroid dienone is 1. The summed E-state index contributed by atoms with van der Waals surface area (Å²) < 4.78 is 0. The summed E-state index contributed by atoms with van der Waals surface area (Å²) in [5.74, 6) is 0.898. The van der Waals surface area contributed by atoms with E-state index in [0.717, 1.165) is 28.1 Å². The smallest absolute Gasteiger partial charge is 0.214 e. The second kappa shape index (κ2) is 11.4. The molecule has 0 aliphatic heterocycles. The van der Waals surface area contributed by atoms with Crippen LogP contribution >= 0.6 is 43.0 Å². The van der Waals surface area contributed by atoms with Crippen LogP contribution in [0.2, 0.25) is 0 Å². The van der Waals surface area contributed by atoms with Crippen molar-refractivity contribution >= 4 is 58.9 Å². The Morgan fingerprint density at radius 1 is 0.828 bits per heavy atom. The second-order valence-electron chi connectivity index (χ2n) is 6.35. The van der Waals surface area contributed by atoms with Crippen molar-refractivity contribution in [3.8, 4) is 6.07 Å². The molecule has 0 spiro atoms. The van der Waals surface area contributed by atoms with Crippen LogP contribution in [0.5, 0.6) is 0 Å². The van der Waals surface area contributed by atoms with Gasteiger partial charge in [0.2, 0.25) is 5.31 Å². The maximum absolute atomic E-state index is 10.3. The molecule has 0 fully saturated rings. The van der Waals surface area contributed by atoms with Crippen molar-refractivity contribution < 1.29 is 0 Å². The van der Waals surface area contributed by atoms with Gasteiger partial charge in [0.15, 0.2) is 7.26 Å². The number of nitrogens with zero attached hydrogens (tertiary/aromatic N) is 1. The Morgan fingerprint density at radius 3 is 1.52 bits per heavy atom. The van der Waals surface area contributed by atoms with Gasteiger partial charge in [-0.25, -0.2) is 0 Å². The lowest BCUT2D eigenvalue weighted by Gasteiger charge is -2.27. The molecule has 0 bridgehead atoms. The Morgan fingerprint density at radius 2 is 1.21 bits per heavy atom. The number of rotatable bonds is 7. The minimum atomic E-state index is -2.39. The van der Waals surface area contributed by atoms with E-state index in [4.69, 9.17) is 5.73 Å². The highest BCUT2D eigenvalue weighted by molar-refractivity contribution is 14.0. The van der Waals surface area contributed by atoms with E-state index in [0.29, 0.717) is 10.3 Å². The highest BCUT2D eigenvalue weighted by Gasteiger charge is 2.51. The largest absolute Gasteiger partial charge is 0.390 e. The molecule has 0 saturated carbocycles. The normalized spacial score (nSPS) is 11.7. The number of nitriles is 1. The van der Waals surface area contributed by atoms with Gasteiger partial charge in [-0.05, 0) is 48.6 Å². The fourth-order valence-electron chi connectivity index (χ4n) is 3.37. The van der Waals surface area contributed by atoms with E-state index < -0.39 is 7.26 Å². The summed E-state index contributed by atoms with van der Waals surface area (Å²) in [4.78, 5) is 0. The van der Waals surface area contributed by atoms with Crippen molar-refractivity contribution in [3.05, 3.63) is 101 Å². The van der Waals surface area contributed by atoms with E-state index in [9.17, 15) is 5.26 Å². The van der Waals surface area contributed by atoms with E-state index in [1.165, 1.54) is 0 Å². The molecule has 0 aliphatic rings. The summed E-state index contributed by atoms with van der Waals surface area (Å²) in [5, 5.41) is 15.1. The van der Waals surface area contributed by atoms with Gasteiger partial charge in [0.1, 0.15) is 27.0 Å². The van der Waals surface area contributed by atoms with Crippen molar-refractivity contribution in [1.29, 1.82) is 5.26 Å². The van der Waals surface area contributed by atoms with Crippen molar-refractivity contribution in [2.75, 3.05) is 5.75 Å². The van der Waals surface area contributed by atoms with Gasteiger partial charge in [0, 0.05) is 0 Å². The zero-order valence-corrected chi connectivity index (χ0v) is 20.4. The predicted molar refractivity (Wildman–Crippen MR) is 140 cm³/mol. The van der Waals surface area contributed by atoms with Gasteiger partial charge in [-0.3, -0.25) is 0 Å². The Balaban J connectivity index is 0.00000300. The lowest BCUT2D eigenvalue weighted by molar-refractivity contribution is 1.11. The summed E-state index contributed by atoms with van der Waals surface area (Å²) >= 11 is 1.58. The number of thioether (sulfide) groups is 1. The minimum absolute atomic E-state index is 0. The van der Waals surface area contributed by atoms with Crippen LogP contribution in [0.15, 0.2) is 101 Å².